The number of carbonyl (C=O) groups excluding carboxylic acids is 1. The minimum atomic E-state index is -0.558. The molecule has 0 unspecified atom stereocenters. The SMILES string of the molecule is COC(=O)c1ccc(OC)cc1OCc1c(F)cccc1Cl. The standard InChI is InChI=1S/C16H14ClFO4/c1-20-10-6-7-11(16(19)21-2)15(8-10)22-9-12-13(17)4-3-5-14(12)18/h3-8H,9H2,1-2H3. The van der Waals surface area contributed by atoms with E-state index in [4.69, 9.17) is 25.8 Å². The predicted molar refractivity (Wildman–Crippen MR) is 80.1 cm³/mol. The Kier molecular flexibility index (Phi) is 5.22. The van der Waals surface area contributed by atoms with Crippen molar-refractivity contribution in [3.8, 4) is 11.5 Å². The molecule has 2 aromatic rings. The van der Waals surface area contributed by atoms with Crippen molar-refractivity contribution in [2.24, 2.45) is 0 Å². The summed E-state index contributed by atoms with van der Waals surface area (Å²) >= 11 is 5.95. The molecule has 2 rings (SSSR count). The van der Waals surface area contributed by atoms with Gasteiger partial charge in [0.1, 0.15) is 29.5 Å². The van der Waals surface area contributed by atoms with Crippen molar-refractivity contribution in [1.29, 1.82) is 0 Å². The van der Waals surface area contributed by atoms with Crippen LogP contribution in [0.15, 0.2) is 36.4 Å². The quantitative estimate of drug-likeness (QED) is 0.784. The monoisotopic (exact) mass is 324 g/mol. The Morgan fingerprint density at radius 1 is 1.23 bits per heavy atom. The Labute approximate surface area is 132 Å². The largest absolute Gasteiger partial charge is 0.497 e. The average molecular weight is 325 g/mol. The van der Waals surface area contributed by atoms with Crippen LogP contribution in [0, 0.1) is 5.82 Å². The van der Waals surface area contributed by atoms with Crippen molar-refractivity contribution in [3.63, 3.8) is 0 Å². The Bertz CT molecular complexity index is 668. The number of carbonyl (C=O) groups is 1. The summed E-state index contributed by atoms with van der Waals surface area (Å²) < 4.78 is 29.1. The zero-order chi connectivity index (χ0) is 16.1. The highest BCUT2D eigenvalue weighted by Gasteiger charge is 2.16. The second-order valence-corrected chi connectivity index (χ2v) is 4.75. The van der Waals surface area contributed by atoms with Crippen LogP contribution in [0.3, 0.4) is 0 Å². The summed E-state index contributed by atoms with van der Waals surface area (Å²) in [5.41, 5.74) is 0.429. The summed E-state index contributed by atoms with van der Waals surface area (Å²) in [5.74, 6) is -0.305. The molecule has 0 aromatic heterocycles. The van der Waals surface area contributed by atoms with E-state index in [0.29, 0.717) is 5.75 Å². The van der Waals surface area contributed by atoms with Crippen LogP contribution in [0.4, 0.5) is 4.39 Å². The molecule has 0 amide bonds. The third-order valence-corrected chi connectivity index (χ3v) is 3.38. The highest BCUT2D eigenvalue weighted by molar-refractivity contribution is 6.31. The van der Waals surface area contributed by atoms with Crippen LogP contribution in [0.5, 0.6) is 11.5 Å². The number of rotatable bonds is 5. The van der Waals surface area contributed by atoms with Gasteiger partial charge >= 0.3 is 5.97 Å². The van der Waals surface area contributed by atoms with Gasteiger partial charge in [-0.3, -0.25) is 0 Å². The van der Waals surface area contributed by atoms with Crippen molar-refractivity contribution in [2.45, 2.75) is 6.61 Å². The Hall–Kier alpha value is -2.27. The van der Waals surface area contributed by atoms with Crippen LogP contribution >= 0.6 is 11.6 Å². The molecule has 0 aliphatic carbocycles. The lowest BCUT2D eigenvalue weighted by molar-refractivity contribution is 0.0595. The molecule has 6 heteroatoms. The Morgan fingerprint density at radius 2 is 2.00 bits per heavy atom. The van der Waals surface area contributed by atoms with Crippen molar-refractivity contribution in [2.75, 3.05) is 14.2 Å². The lowest BCUT2D eigenvalue weighted by Gasteiger charge is -2.13. The molecule has 2 aromatic carbocycles. The third kappa shape index (κ3) is 3.49. The van der Waals surface area contributed by atoms with Gasteiger partial charge in [0.05, 0.1) is 19.2 Å². The van der Waals surface area contributed by atoms with Gasteiger partial charge in [-0.05, 0) is 24.3 Å². The predicted octanol–water partition coefficient (Wildman–Crippen LogP) is 3.85. The molecule has 0 atom stereocenters. The number of methoxy groups -OCH3 is 2. The molecule has 0 saturated heterocycles. The third-order valence-electron chi connectivity index (χ3n) is 3.03. The van der Waals surface area contributed by atoms with Crippen LogP contribution in [0.25, 0.3) is 0 Å². The molecule has 0 radical (unpaired) electrons. The van der Waals surface area contributed by atoms with Crippen molar-refractivity contribution in [1.82, 2.24) is 0 Å². The number of hydrogen-bond acceptors (Lipinski definition) is 4. The van der Waals surface area contributed by atoms with E-state index in [0.717, 1.165) is 0 Å². The fourth-order valence-electron chi connectivity index (χ4n) is 1.85. The second kappa shape index (κ2) is 7.13. The first-order valence-electron chi connectivity index (χ1n) is 6.39. The molecule has 0 bridgehead atoms. The van der Waals surface area contributed by atoms with Crippen molar-refractivity contribution < 1.29 is 23.4 Å². The van der Waals surface area contributed by atoms with Gasteiger partial charge in [-0.25, -0.2) is 9.18 Å². The number of hydrogen-bond donors (Lipinski definition) is 0. The first-order valence-corrected chi connectivity index (χ1v) is 6.76. The second-order valence-electron chi connectivity index (χ2n) is 4.34. The van der Waals surface area contributed by atoms with Crippen LogP contribution in [0.1, 0.15) is 15.9 Å². The Balaban J connectivity index is 2.30. The molecular formula is C16H14ClFO4. The lowest BCUT2D eigenvalue weighted by Crippen LogP contribution is -2.07. The summed E-state index contributed by atoms with van der Waals surface area (Å²) in [7, 11) is 2.76. The summed E-state index contributed by atoms with van der Waals surface area (Å²) in [6, 6.07) is 9.01. The highest BCUT2D eigenvalue weighted by Crippen LogP contribution is 2.28. The highest BCUT2D eigenvalue weighted by atomic mass is 35.5. The maximum absolute atomic E-state index is 13.7. The molecule has 0 fully saturated rings. The molecule has 0 aliphatic heterocycles. The maximum atomic E-state index is 13.7. The topological polar surface area (TPSA) is 44.8 Å². The number of halogens is 2. The van der Waals surface area contributed by atoms with E-state index in [2.05, 4.69) is 0 Å². The van der Waals surface area contributed by atoms with Gasteiger partial charge in [0, 0.05) is 11.6 Å². The van der Waals surface area contributed by atoms with E-state index >= 15 is 0 Å². The molecule has 0 heterocycles. The normalized spacial score (nSPS) is 10.2. The first-order chi connectivity index (χ1) is 10.6. The number of ether oxygens (including phenoxy) is 3. The molecule has 4 nitrogen and oxygen atoms in total. The summed E-state index contributed by atoms with van der Waals surface area (Å²) in [5, 5.41) is 0.252. The van der Waals surface area contributed by atoms with Gasteiger partial charge in [-0.2, -0.15) is 0 Å². The van der Waals surface area contributed by atoms with Crippen LogP contribution < -0.4 is 9.47 Å². The molecule has 0 aliphatic rings. The zero-order valence-electron chi connectivity index (χ0n) is 12.1. The van der Waals surface area contributed by atoms with Gasteiger partial charge in [-0.15, -0.1) is 0 Å². The van der Waals surface area contributed by atoms with E-state index in [9.17, 15) is 9.18 Å². The summed E-state index contributed by atoms with van der Waals surface area (Å²) in [4.78, 5) is 11.7. The van der Waals surface area contributed by atoms with Gasteiger partial charge in [-0.1, -0.05) is 17.7 Å². The van der Waals surface area contributed by atoms with Crippen LogP contribution in [-0.2, 0) is 11.3 Å². The van der Waals surface area contributed by atoms with Crippen LogP contribution in [0.2, 0.25) is 5.02 Å². The van der Waals surface area contributed by atoms with Gasteiger partial charge in [0.25, 0.3) is 0 Å². The van der Waals surface area contributed by atoms with E-state index in [1.807, 2.05) is 0 Å². The van der Waals surface area contributed by atoms with E-state index < -0.39 is 11.8 Å². The lowest BCUT2D eigenvalue weighted by atomic mass is 10.2. The van der Waals surface area contributed by atoms with Gasteiger partial charge in [0.2, 0.25) is 0 Å². The maximum Gasteiger partial charge on any atom is 0.341 e. The summed E-state index contributed by atoms with van der Waals surface area (Å²) in [6.07, 6.45) is 0. The molecule has 0 N–H and O–H groups in total. The van der Waals surface area contributed by atoms with E-state index in [1.165, 1.54) is 38.5 Å². The molecular weight excluding hydrogens is 311 g/mol. The minimum Gasteiger partial charge on any atom is -0.497 e. The minimum absolute atomic E-state index is 0.122. The average Bonchev–Trinajstić information content (AvgIpc) is 2.53. The number of esters is 1. The number of benzene rings is 2. The Morgan fingerprint density at radius 3 is 2.64 bits per heavy atom. The van der Waals surface area contributed by atoms with E-state index in [1.54, 1.807) is 12.1 Å². The summed E-state index contributed by atoms with van der Waals surface area (Å²) in [6.45, 7) is -0.122. The molecule has 22 heavy (non-hydrogen) atoms. The van der Waals surface area contributed by atoms with E-state index in [-0.39, 0.29) is 28.5 Å². The fraction of sp³-hybridized carbons (Fsp3) is 0.188. The zero-order valence-corrected chi connectivity index (χ0v) is 12.8. The first kappa shape index (κ1) is 16.1. The molecule has 116 valence electrons. The molecule has 0 saturated carbocycles. The van der Waals surface area contributed by atoms with Gasteiger partial charge < -0.3 is 14.2 Å². The van der Waals surface area contributed by atoms with Crippen molar-refractivity contribution >= 4 is 17.6 Å². The molecule has 0 spiro atoms. The van der Waals surface area contributed by atoms with Gasteiger partial charge in [0.15, 0.2) is 0 Å². The fourth-order valence-corrected chi connectivity index (χ4v) is 2.07. The smallest absolute Gasteiger partial charge is 0.341 e. The van der Waals surface area contributed by atoms with Crippen molar-refractivity contribution in [3.05, 3.63) is 58.4 Å². The van der Waals surface area contributed by atoms with Crippen LogP contribution in [-0.4, -0.2) is 20.2 Å².